The summed E-state index contributed by atoms with van der Waals surface area (Å²) < 4.78 is 63.2. The fraction of sp³-hybridized carbons (Fsp3) is 0.238. The van der Waals surface area contributed by atoms with Crippen molar-refractivity contribution in [3.63, 3.8) is 0 Å². The van der Waals surface area contributed by atoms with Gasteiger partial charge in [0.25, 0.3) is 0 Å². The van der Waals surface area contributed by atoms with Crippen molar-refractivity contribution in [3.05, 3.63) is 59.3 Å². The van der Waals surface area contributed by atoms with Crippen molar-refractivity contribution in [1.29, 1.82) is 0 Å². The molecule has 0 fully saturated rings. The zero-order valence-electron chi connectivity index (χ0n) is 17.0. The van der Waals surface area contributed by atoms with Crippen molar-refractivity contribution in [2.45, 2.75) is 25.2 Å². The van der Waals surface area contributed by atoms with Crippen LogP contribution >= 0.6 is 0 Å². The standard InChI is InChI=1S/C21H20F2N2O5S/c1-12-13(2)25-30-21(12)14-4-7-18(29-3)19(10-14)31(27,28)9-8-20(26)24-17-11-15(22)5-6-16(17)23/h4-7,10-11H,8-9H2,1-3H3,(H,24,26). The van der Waals surface area contributed by atoms with Gasteiger partial charge in [-0.15, -0.1) is 0 Å². The summed E-state index contributed by atoms with van der Waals surface area (Å²) in [5.41, 5.74) is 1.57. The van der Waals surface area contributed by atoms with E-state index in [4.69, 9.17) is 9.26 Å². The zero-order valence-corrected chi connectivity index (χ0v) is 17.8. The topological polar surface area (TPSA) is 98.5 Å². The van der Waals surface area contributed by atoms with Crippen LogP contribution in [0.15, 0.2) is 45.8 Å². The maximum atomic E-state index is 13.7. The van der Waals surface area contributed by atoms with Crippen molar-refractivity contribution in [1.82, 2.24) is 5.16 Å². The summed E-state index contributed by atoms with van der Waals surface area (Å²) in [6.07, 6.45) is -0.466. The first-order valence-electron chi connectivity index (χ1n) is 9.21. The Morgan fingerprint density at radius 2 is 1.90 bits per heavy atom. The molecule has 31 heavy (non-hydrogen) atoms. The van der Waals surface area contributed by atoms with Crippen LogP contribution in [0, 0.1) is 25.5 Å². The first kappa shape index (κ1) is 22.4. The van der Waals surface area contributed by atoms with Crippen LogP contribution in [0.5, 0.6) is 5.75 Å². The molecule has 3 rings (SSSR count). The molecule has 3 aromatic rings. The van der Waals surface area contributed by atoms with E-state index in [9.17, 15) is 22.0 Å². The van der Waals surface area contributed by atoms with E-state index in [1.165, 1.54) is 19.2 Å². The number of carbonyl (C=O) groups excluding carboxylic acids is 1. The van der Waals surface area contributed by atoms with Gasteiger partial charge in [-0.1, -0.05) is 5.16 Å². The lowest BCUT2D eigenvalue weighted by Crippen LogP contribution is -2.18. The summed E-state index contributed by atoms with van der Waals surface area (Å²) in [5, 5.41) is 6.05. The van der Waals surface area contributed by atoms with Crippen molar-refractivity contribution >= 4 is 21.4 Å². The van der Waals surface area contributed by atoms with Crippen LogP contribution in [0.4, 0.5) is 14.5 Å². The summed E-state index contributed by atoms with van der Waals surface area (Å²) >= 11 is 0. The maximum Gasteiger partial charge on any atom is 0.225 e. The number of benzene rings is 2. The van der Waals surface area contributed by atoms with Gasteiger partial charge in [0.1, 0.15) is 22.3 Å². The second-order valence-electron chi connectivity index (χ2n) is 6.83. The molecule has 7 nitrogen and oxygen atoms in total. The molecule has 10 heteroatoms. The number of hydrogen-bond donors (Lipinski definition) is 1. The van der Waals surface area contributed by atoms with Gasteiger partial charge in [-0.05, 0) is 44.2 Å². The number of aromatic nitrogens is 1. The lowest BCUT2D eigenvalue weighted by molar-refractivity contribution is -0.115. The van der Waals surface area contributed by atoms with Crippen molar-refractivity contribution < 1.29 is 31.3 Å². The molecule has 1 aromatic heterocycles. The van der Waals surface area contributed by atoms with Gasteiger partial charge in [0.05, 0.1) is 24.2 Å². The number of nitrogens with one attached hydrogen (secondary N) is 1. The Morgan fingerprint density at radius 3 is 2.55 bits per heavy atom. The van der Waals surface area contributed by atoms with Crippen LogP contribution in [0.1, 0.15) is 17.7 Å². The third-order valence-electron chi connectivity index (χ3n) is 4.72. The molecule has 1 N–H and O–H groups in total. The van der Waals surface area contributed by atoms with Gasteiger partial charge in [-0.2, -0.15) is 0 Å². The minimum atomic E-state index is -3.96. The van der Waals surface area contributed by atoms with Crippen LogP contribution in [-0.2, 0) is 14.6 Å². The van der Waals surface area contributed by atoms with Gasteiger partial charge >= 0.3 is 0 Å². The fourth-order valence-electron chi connectivity index (χ4n) is 2.89. The predicted octanol–water partition coefficient (Wildman–Crippen LogP) is 4.05. The number of ether oxygens (including phenoxy) is 1. The number of methoxy groups -OCH3 is 1. The number of halogens is 2. The van der Waals surface area contributed by atoms with E-state index in [1.54, 1.807) is 19.9 Å². The van der Waals surface area contributed by atoms with Crippen LogP contribution in [-0.4, -0.2) is 32.3 Å². The van der Waals surface area contributed by atoms with Gasteiger partial charge in [0.2, 0.25) is 5.91 Å². The average Bonchev–Trinajstić information content (AvgIpc) is 3.07. The maximum absolute atomic E-state index is 13.7. The Balaban J connectivity index is 1.82. The highest BCUT2D eigenvalue weighted by Gasteiger charge is 2.23. The summed E-state index contributed by atoms with van der Waals surface area (Å²) in [6.45, 7) is 3.57. The summed E-state index contributed by atoms with van der Waals surface area (Å²) in [6, 6.07) is 7.12. The van der Waals surface area contributed by atoms with Gasteiger partial charge < -0.3 is 14.6 Å². The van der Waals surface area contributed by atoms with Gasteiger partial charge in [0.15, 0.2) is 15.6 Å². The molecule has 0 atom stereocenters. The Kier molecular flexibility index (Phi) is 6.40. The number of amides is 1. The minimum Gasteiger partial charge on any atom is -0.495 e. The second kappa shape index (κ2) is 8.84. The zero-order chi connectivity index (χ0) is 22.8. The van der Waals surface area contributed by atoms with Crippen LogP contribution in [0.2, 0.25) is 0 Å². The molecule has 0 aliphatic heterocycles. The summed E-state index contributed by atoms with van der Waals surface area (Å²) in [4.78, 5) is 12.0. The molecule has 164 valence electrons. The van der Waals surface area contributed by atoms with E-state index >= 15 is 0 Å². The molecule has 0 spiro atoms. The molecule has 0 radical (unpaired) electrons. The lowest BCUT2D eigenvalue weighted by Gasteiger charge is -2.11. The SMILES string of the molecule is COc1ccc(-c2onc(C)c2C)cc1S(=O)(=O)CCC(=O)Nc1cc(F)ccc1F. The molecular formula is C21H20F2N2O5S. The summed E-state index contributed by atoms with van der Waals surface area (Å²) in [7, 11) is -2.63. The van der Waals surface area contributed by atoms with Gasteiger partial charge in [0, 0.05) is 23.6 Å². The molecule has 0 aliphatic carbocycles. The molecule has 1 amide bonds. The molecule has 0 saturated heterocycles. The van der Waals surface area contributed by atoms with E-state index in [1.807, 2.05) is 0 Å². The van der Waals surface area contributed by atoms with E-state index in [-0.39, 0.29) is 16.3 Å². The lowest BCUT2D eigenvalue weighted by atomic mass is 10.1. The third kappa shape index (κ3) is 4.91. The van der Waals surface area contributed by atoms with E-state index < -0.39 is 39.6 Å². The molecular weight excluding hydrogens is 430 g/mol. The summed E-state index contributed by atoms with van der Waals surface area (Å²) in [5.74, 6) is -2.37. The minimum absolute atomic E-state index is 0.106. The first-order chi connectivity index (χ1) is 14.6. The first-order valence-corrected chi connectivity index (χ1v) is 10.9. The van der Waals surface area contributed by atoms with Crippen LogP contribution < -0.4 is 10.1 Å². The van der Waals surface area contributed by atoms with Gasteiger partial charge in [-0.25, -0.2) is 17.2 Å². The monoisotopic (exact) mass is 450 g/mol. The molecule has 0 bridgehead atoms. The van der Waals surface area contributed by atoms with Crippen LogP contribution in [0.3, 0.4) is 0 Å². The number of sulfone groups is 1. The highest BCUT2D eigenvalue weighted by molar-refractivity contribution is 7.91. The Morgan fingerprint density at radius 1 is 1.16 bits per heavy atom. The third-order valence-corrected chi connectivity index (χ3v) is 6.45. The molecule has 0 saturated carbocycles. The number of aryl methyl sites for hydroxylation is 1. The number of hydrogen-bond acceptors (Lipinski definition) is 6. The Labute approximate surface area is 177 Å². The molecule has 1 heterocycles. The smallest absolute Gasteiger partial charge is 0.225 e. The highest BCUT2D eigenvalue weighted by Crippen LogP contribution is 2.33. The van der Waals surface area contributed by atoms with E-state index in [2.05, 4.69) is 10.5 Å². The average molecular weight is 450 g/mol. The van der Waals surface area contributed by atoms with Crippen molar-refractivity contribution in [2.75, 3.05) is 18.2 Å². The largest absolute Gasteiger partial charge is 0.495 e. The molecule has 0 aliphatic rings. The van der Waals surface area contributed by atoms with E-state index in [0.717, 1.165) is 23.8 Å². The predicted molar refractivity (Wildman–Crippen MR) is 110 cm³/mol. The fourth-order valence-corrected chi connectivity index (χ4v) is 4.33. The van der Waals surface area contributed by atoms with Crippen LogP contribution in [0.25, 0.3) is 11.3 Å². The highest BCUT2D eigenvalue weighted by atomic mass is 32.2. The molecule has 0 unspecified atom stereocenters. The number of nitrogens with zero attached hydrogens (tertiary/aromatic N) is 1. The Hall–Kier alpha value is -3.27. The molecule has 2 aromatic carbocycles. The Bertz CT molecular complexity index is 1240. The van der Waals surface area contributed by atoms with Gasteiger partial charge in [-0.3, -0.25) is 4.79 Å². The number of carbonyl (C=O) groups is 1. The normalized spacial score (nSPS) is 11.4. The quantitative estimate of drug-likeness (QED) is 0.583. The number of rotatable bonds is 7. The number of anilines is 1. The van der Waals surface area contributed by atoms with E-state index in [0.29, 0.717) is 17.0 Å². The second-order valence-corrected chi connectivity index (χ2v) is 8.91. The van der Waals surface area contributed by atoms with Crippen molar-refractivity contribution in [2.24, 2.45) is 0 Å². The van der Waals surface area contributed by atoms with Crippen molar-refractivity contribution in [3.8, 4) is 17.1 Å².